The summed E-state index contributed by atoms with van der Waals surface area (Å²) in [6, 6.07) is 16.9. The molecule has 0 amide bonds. The number of nitrogens with one attached hydrogen (secondary N) is 1. The number of aromatic nitrogens is 1. The first-order valence-electron chi connectivity index (χ1n) is 9.46. The lowest BCUT2D eigenvalue weighted by Gasteiger charge is -2.14. The molecular weight excluding hydrogens is 518 g/mol. The van der Waals surface area contributed by atoms with Crippen molar-refractivity contribution in [2.24, 2.45) is 0 Å². The molecule has 4 aromatic rings. The maximum Gasteiger partial charge on any atom is 0.356 e. The molecule has 33 heavy (non-hydrogen) atoms. The van der Waals surface area contributed by atoms with E-state index in [1.54, 1.807) is 18.2 Å². The fourth-order valence-electron chi connectivity index (χ4n) is 3.29. The number of carbonyl (C=O) groups is 1. The second kappa shape index (κ2) is 8.87. The van der Waals surface area contributed by atoms with E-state index in [-0.39, 0.29) is 16.9 Å². The summed E-state index contributed by atoms with van der Waals surface area (Å²) in [6.07, 6.45) is 0. The van der Waals surface area contributed by atoms with Crippen molar-refractivity contribution in [3.8, 4) is 11.1 Å². The molecule has 1 aromatic heterocycles. The Hall–Kier alpha value is -3.37. The molecule has 0 aliphatic carbocycles. The third-order valence-corrected chi connectivity index (χ3v) is 6.93. The van der Waals surface area contributed by atoms with Crippen LogP contribution in [-0.2, 0) is 14.8 Å². The zero-order valence-electron chi connectivity index (χ0n) is 17.0. The quantitative estimate of drug-likeness (QED) is 0.270. The predicted molar refractivity (Wildman–Crippen MR) is 123 cm³/mol. The number of nitrogens with zero attached hydrogens (tertiary/aromatic N) is 1. The monoisotopic (exact) mass is 532 g/mol. The van der Waals surface area contributed by atoms with Gasteiger partial charge in [0.2, 0.25) is 0 Å². The van der Waals surface area contributed by atoms with E-state index in [9.17, 15) is 22.0 Å². The Bertz CT molecular complexity index is 1470. The van der Waals surface area contributed by atoms with Gasteiger partial charge in [0, 0.05) is 5.39 Å². The smallest absolute Gasteiger partial charge is 0.356 e. The molecule has 1 heterocycles. The normalized spacial score (nSPS) is 11.4. The van der Waals surface area contributed by atoms with Crippen molar-refractivity contribution in [2.75, 3.05) is 11.8 Å². The van der Waals surface area contributed by atoms with E-state index in [0.29, 0.717) is 23.1 Å². The van der Waals surface area contributed by atoms with E-state index >= 15 is 0 Å². The number of pyridine rings is 1. The van der Waals surface area contributed by atoms with Crippen LogP contribution in [0.4, 0.5) is 14.5 Å². The van der Waals surface area contributed by atoms with Gasteiger partial charge in [-0.1, -0.05) is 42.5 Å². The highest BCUT2D eigenvalue weighted by atomic mass is 79.9. The molecule has 0 saturated carbocycles. The van der Waals surface area contributed by atoms with Gasteiger partial charge in [-0.05, 0) is 51.3 Å². The van der Waals surface area contributed by atoms with Crippen LogP contribution in [0.3, 0.4) is 0 Å². The first-order chi connectivity index (χ1) is 15.7. The summed E-state index contributed by atoms with van der Waals surface area (Å²) in [5.74, 6) is -2.83. The molecule has 0 fully saturated rings. The number of methoxy groups -OCH3 is 1. The number of sulfonamides is 1. The lowest BCUT2D eigenvalue weighted by molar-refractivity contribution is 0.0594. The summed E-state index contributed by atoms with van der Waals surface area (Å²) >= 11 is 2.72. The molecule has 10 heteroatoms. The highest BCUT2D eigenvalue weighted by molar-refractivity contribution is 9.10. The van der Waals surface area contributed by atoms with Crippen LogP contribution in [0.2, 0.25) is 0 Å². The molecule has 0 aliphatic rings. The van der Waals surface area contributed by atoms with Gasteiger partial charge in [-0.15, -0.1) is 0 Å². The molecule has 3 aromatic carbocycles. The second-order valence-corrected chi connectivity index (χ2v) is 9.40. The summed E-state index contributed by atoms with van der Waals surface area (Å²) in [5, 5.41) is 0.558. The van der Waals surface area contributed by atoms with Crippen molar-refractivity contribution in [1.29, 1.82) is 0 Å². The Balaban J connectivity index is 1.91. The third-order valence-electron chi connectivity index (χ3n) is 4.83. The third kappa shape index (κ3) is 4.44. The minimum absolute atomic E-state index is 0.0270. The Morgan fingerprint density at radius 3 is 2.30 bits per heavy atom. The van der Waals surface area contributed by atoms with Crippen molar-refractivity contribution in [3.63, 3.8) is 0 Å². The molecule has 0 bridgehead atoms. The molecular formula is C23H15BrF2N2O4S. The standard InChI is InChI=1S/C23H15BrF2N2O4S/c1-32-23(29)20-12-16(13-6-3-2-4-7-13)15-8-5-9-19(22(15)27-20)28-33(30,31)14-10-17(25)21(24)18(26)11-14/h2-12,28H,1H3. The highest BCUT2D eigenvalue weighted by Crippen LogP contribution is 2.33. The summed E-state index contributed by atoms with van der Waals surface area (Å²) in [7, 11) is -3.18. The minimum atomic E-state index is -4.39. The van der Waals surface area contributed by atoms with Gasteiger partial charge in [0.05, 0.1) is 27.7 Å². The molecule has 0 atom stereocenters. The van der Waals surface area contributed by atoms with E-state index in [0.717, 1.165) is 5.56 Å². The Morgan fingerprint density at radius 1 is 1.00 bits per heavy atom. The van der Waals surface area contributed by atoms with Crippen LogP contribution in [0, 0.1) is 11.6 Å². The zero-order valence-corrected chi connectivity index (χ0v) is 19.4. The molecule has 0 unspecified atom stereocenters. The summed E-state index contributed by atoms with van der Waals surface area (Å²) in [6.45, 7) is 0. The first-order valence-corrected chi connectivity index (χ1v) is 11.7. The summed E-state index contributed by atoms with van der Waals surface area (Å²) in [5.41, 5.74) is 1.56. The summed E-state index contributed by atoms with van der Waals surface area (Å²) < 4.78 is 60.4. The Labute approximate surface area is 196 Å². The van der Waals surface area contributed by atoms with Gasteiger partial charge in [-0.3, -0.25) is 4.72 Å². The lowest BCUT2D eigenvalue weighted by atomic mass is 9.99. The molecule has 0 aliphatic heterocycles. The van der Waals surface area contributed by atoms with Crippen LogP contribution in [0.25, 0.3) is 22.0 Å². The van der Waals surface area contributed by atoms with Crippen LogP contribution in [0.5, 0.6) is 0 Å². The number of esters is 1. The van der Waals surface area contributed by atoms with Gasteiger partial charge < -0.3 is 4.74 Å². The molecule has 6 nitrogen and oxygen atoms in total. The van der Waals surface area contributed by atoms with Gasteiger partial charge >= 0.3 is 5.97 Å². The van der Waals surface area contributed by atoms with Crippen LogP contribution < -0.4 is 4.72 Å². The fourth-order valence-corrected chi connectivity index (χ4v) is 4.61. The number of para-hydroxylation sites is 1. The second-order valence-electron chi connectivity index (χ2n) is 6.92. The molecule has 4 rings (SSSR count). The van der Waals surface area contributed by atoms with Crippen molar-refractivity contribution >= 4 is 48.5 Å². The van der Waals surface area contributed by atoms with Crippen molar-refractivity contribution in [3.05, 3.63) is 88.5 Å². The van der Waals surface area contributed by atoms with Gasteiger partial charge in [0.1, 0.15) is 17.3 Å². The highest BCUT2D eigenvalue weighted by Gasteiger charge is 2.22. The first kappa shape index (κ1) is 22.8. The van der Waals surface area contributed by atoms with Crippen LogP contribution in [0.1, 0.15) is 10.5 Å². The van der Waals surface area contributed by atoms with Gasteiger partial charge in [-0.25, -0.2) is 27.0 Å². The average Bonchev–Trinajstić information content (AvgIpc) is 2.81. The van der Waals surface area contributed by atoms with E-state index in [1.807, 2.05) is 30.3 Å². The molecule has 0 saturated heterocycles. The van der Waals surface area contributed by atoms with Crippen molar-refractivity contribution in [1.82, 2.24) is 4.98 Å². The van der Waals surface area contributed by atoms with Gasteiger partial charge in [0.25, 0.3) is 10.0 Å². The fraction of sp³-hybridized carbons (Fsp3) is 0.0435. The van der Waals surface area contributed by atoms with Gasteiger partial charge in [-0.2, -0.15) is 0 Å². The SMILES string of the molecule is COC(=O)c1cc(-c2ccccc2)c2cccc(NS(=O)(=O)c3cc(F)c(Br)c(F)c3)c2n1. The number of hydrogen-bond donors (Lipinski definition) is 1. The van der Waals surface area contributed by atoms with E-state index in [2.05, 4.69) is 25.6 Å². The number of hydrogen-bond acceptors (Lipinski definition) is 5. The largest absolute Gasteiger partial charge is 0.464 e. The van der Waals surface area contributed by atoms with E-state index in [4.69, 9.17) is 4.74 Å². The van der Waals surface area contributed by atoms with Crippen LogP contribution in [0.15, 0.2) is 76.1 Å². The molecule has 0 radical (unpaired) electrons. The van der Waals surface area contributed by atoms with Crippen LogP contribution in [-0.4, -0.2) is 26.5 Å². The van der Waals surface area contributed by atoms with Crippen LogP contribution >= 0.6 is 15.9 Å². The number of rotatable bonds is 5. The van der Waals surface area contributed by atoms with E-state index in [1.165, 1.54) is 13.2 Å². The summed E-state index contributed by atoms with van der Waals surface area (Å²) in [4.78, 5) is 16.0. The van der Waals surface area contributed by atoms with E-state index < -0.39 is 37.0 Å². The average molecular weight is 533 g/mol. The zero-order chi connectivity index (χ0) is 23.8. The topological polar surface area (TPSA) is 85.4 Å². The van der Waals surface area contributed by atoms with Crippen molar-refractivity contribution < 1.29 is 26.7 Å². The lowest BCUT2D eigenvalue weighted by Crippen LogP contribution is -2.15. The number of ether oxygens (including phenoxy) is 1. The predicted octanol–water partition coefficient (Wildman–Crippen LogP) is 5.53. The minimum Gasteiger partial charge on any atom is -0.464 e. The number of anilines is 1. The maximum atomic E-state index is 13.9. The molecule has 0 spiro atoms. The molecule has 1 N–H and O–H groups in total. The number of halogens is 3. The number of carbonyl (C=O) groups excluding carboxylic acids is 1. The van der Waals surface area contributed by atoms with Crippen molar-refractivity contribution in [2.45, 2.75) is 4.90 Å². The Morgan fingerprint density at radius 2 is 1.67 bits per heavy atom. The molecule has 168 valence electrons. The van der Waals surface area contributed by atoms with Gasteiger partial charge in [0.15, 0.2) is 0 Å². The maximum absolute atomic E-state index is 13.9. The number of fused-ring (bicyclic) bond motifs is 1. The Kier molecular flexibility index (Phi) is 6.13. The number of benzene rings is 3.